The number of rotatable bonds is 3. The van der Waals surface area contributed by atoms with Gasteiger partial charge in [-0.15, -0.1) is 11.8 Å². The summed E-state index contributed by atoms with van der Waals surface area (Å²) in [5.41, 5.74) is 1.90. The molecule has 3 rings (SSSR count). The van der Waals surface area contributed by atoms with Crippen LogP contribution in [0.2, 0.25) is 0 Å². The Hall–Kier alpha value is -2.08. The number of fused-ring (bicyclic) bond motifs is 1. The fourth-order valence-electron chi connectivity index (χ4n) is 2.06. The van der Waals surface area contributed by atoms with E-state index in [-0.39, 0.29) is 12.5 Å². The molecule has 1 aliphatic rings. The monoisotopic (exact) mass is 306 g/mol. The van der Waals surface area contributed by atoms with Crippen molar-refractivity contribution in [2.45, 2.75) is 11.4 Å². The van der Waals surface area contributed by atoms with E-state index in [0.717, 1.165) is 22.3 Å². The second-order valence-electron chi connectivity index (χ2n) is 4.64. The molecule has 2 aromatic carbocycles. The molecule has 108 valence electrons. The third kappa shape index (κ3) is 3.16. The molecule has 0 aromatic heterocycles. The van der Waals surface area contributed by atoms with Crippen LogP contribution in [-0.4, -0.2) is 11.7 Å². The highest BCUT2D eigenvalue weighted by Gasteiger charge is 2.15. The zero-order valence-electron chi connectivity index (χ0n) is 11.0. The van der Waals surface area contributed by atoms with E-state index in [2.05, 4.69) is 10.6 Å². The average molecular weight is 306 g/mol. The summed E-state index contributed by atoms with van der Waals surface area (Å²) in [6.45, 7) is 0.242. The molecule has 6 heteroatoms. The average Bonchev–Trinajstić information content (AvgIpc) is 2.46. The summed E-state index contributed by atoms with van der Waals surface area (Å²) in [6.07, 6.45) is 0. The molecule has 2 aromatic rings. The van der Waals surface area contributed by atoms with Gasteiger partial charge < -0.3 is 10.6 Å². The van der Waals surface area contributed by atoms with E-state index in [9.17, 15) is 13.6 Å². The normalized spacial score (nSPS) is 13.5. The lowest BCUT2D eigenvalue weighted by molar-refractivity contribution is -0.113. The number of hydrogen-bond acceptors (Lipinski definition) is 3. The minimum absolute atomic E-state index is 0.0331. The van der Waals surface area contributed by atoms with Crippen molar-refractivity contribution in [3.63, 3.8) is 0 Å². The van der Waals surface area contributed by atoms with Gasteiger partial charge in [0.25, 0.3) is 0 Å². The molecular formula is C15H12F2N2OS. The molecule has 0 bridgehead atoms. The Morgan fingerprint density at radius 1 is 1.19 bits per heavy atom. The largest absolute Gasteiger partial charge is 0.381 e. The number of thioether (sulfide) groups is 1. The Balaban J connectivity index is 1.73. The standard InChI is InChI=1S/C15H12F2N2OS/c16-10-2-1-9(12(17)5-10)7-18-11-3-4-14-13(6-11)19-15(20)8-21-14/h1-6,18H,7-8H2,(H,19,20). The van der Waals surface area contributed by atoms with Gasteiger partial charge in [0.15, 0.2) is 0 Å². The smallest absolute Gasteiger partial charge is 0.234 e. The first-order chi connectivity index (χ1) is 10.1. The van der Waals surface area contributed by atoms with Crippen molar-refractivity contribution in [2.24, 2.45) is 0 Å². The van der Waals surface area contributed by atoms with Crippen molar-refractivity contribution < 1.29 is 13.6 Å². The summed E-state index contributed by atoms with van der Waals surface area (Å²) in [6, 6.07) is 9.08. The van der Waals surface area contributed by atoms with Crippen LogP contribution >= 0.6 is 11.8 Å². The van der Waals surface area contributed by atoms with Crippen LogP contribution in [0.1, 0.15) is 5.56 Å². The van der Waals surface area contributed by atoms with E-state index < -0.39 is 11.6 Å². The number of nitrogens with one attached hydrogen (secondary N) is 2. The highest BCUT2D eigenvalue weighted by Crippen LogP contribution is 2.33. The number of amides is 1. The van der Waals surface area contributed by atoms with Gasteiger partial charge in [0.1, 0.15) is 11.6 Å². The molecule has 3 nitrogen and oxygen atoms in total. The van der Waals surface area contributed by atoms with Crippen LogP contribution in [0.15, 0.2) is 41.3 Å². The van der Waals surface area contributed by atoms with Crippen LogP contribution in [-0.2, 0) is 11.3 Å². The van der Waals surface area contributed by atoms with Gasteiger partial charge in [0.2, 0.25) is 5.91 Å². The number of hydrogen-bond donors (Lipinski definition) is 2. The maximum Gasteiger partial charge on any atom is 0.234 e. The maximum atomic E-state index is 13.5. The first-order valence-corrected chi connectivity index (χ1v) is 7.35. The summed E-state index contributed by atoms with van der Waals surface area (Å²) >= 11 is 1.48. The summed E-state index contributed by atoms with van der Waals surface area (Å²) in [7, 11) is 0. The summed E-state index contributed by atoms with van der Waals surface area (Å²) < 4.78 is 26.4. The lowest BCUT2D eigenvalue weighted by Gasteiger charge is -2.17. The Bertz CT molecular complexity index is 706. The fraction of sp³-hybridized carbons (Fsp3) is 0.133. The van der Waals surface area contributed by atoms with Gasteiger partial charge in [0.05, 0.1) is 11.4 Å². The quantitative estimate of drug-likeness (QED) is 0.910. The highest BCUT2D eigenvalue weighted by molar-refractivity contribution is 8.00. The van der Waals surface area contributed by atoms with E-state index in [4.69, 9.17) is 0 Å². The maximum absolute atomic E-state index is 13.5. The topological polar surface area (TPSA) is 41.1 Å². The van der Waals surface area contributed by atoms with E-state index in [0.29, 0.717) is 11.3 Å². The van der Waals surface area contributed by atoms with Gasteiger partial charge in [0, 0.05) is 28.8 Å². The van der Waals surface area contributed by atoms with Crippen LogP contribution in [0.5, 0.6) is 0 Å². The number of anilines is 2. The molecule has 1 heterocycles. The molecule has 1 amide bonds. The van der Waals surface area contributed by atoms with Crippen molar-refractivity contribution >= 4 is 29.0 Å². The Kier molecular flexibility index (Phi) is 3.79. The molecule has 0 fully saturated rings. The number of benzene rings is 2. The van der Waals surface area contributed by atoms with Crippen molar-refractivity contribution in [1.29, 1.82) is 0 Å². The molecule has 0 spiro atoms. The van der Waals surface area contributed by atoms with Crippen LogP contribution in [0.25, 0.3) is 0 Å². The van der Waals surface area contributed by atoms with Crippen LogP contribution < -0.4 is 10.6 Å². The van der Waals surface area contributed by atoms with Crippen LogP contribution in [0.3, 0.4) is 0 Å². The molecule has 2 N–H and O–H groups in total. The highest BCUT2D eigenvalue weighted by atomic mass is 32.2. The first kappa shape index (κ1) is 13.9. The van der Waals surface area contributed by atoms with Gasteiger partial charge in [-0.05, 0) is 24.3 Å². The van der Waals surface area contributed by atoms with E-state index in [1.54, 1.807) is 6.07 Å². The summed E-state index contributed by atoms with van der Waals surface area (Å²) in [5.74, 6) is -0.788. The van der Waals surface area contributed by atoms with Gasteiger partial charge in [-0.1, -0.05) is 6.07 Å². The van der Waals surface area contributed by atoms with E-state index in [1.807, 2.05) is 12.1 Å². The first-order valence-electron chi connectivity index (χ1n) is 6.36. The second kappa shape index (κ2) is 5.73. The lowest BCUT2D eigenvalue weighted by atomic mass is 10.2. The Labute approximate surface area is 124 Å². The number of carbonyl (C=O) groups excluding carboxylic acids is 1. The third-order valence-electron chi connectivity index (χ3n) is 3.11. The molecule has 1 aliphatic heterocycles. The lowest BCUT2D eigenvalue weighted by Crippen LogP contribution is -2.18. The van der Waals surface area contributed by atoms with Gasteiger partial charge in [-0.25, -0.2) is 8.78 Å². The van der Waals surface area contributed by atoms with Crippen molar-refractivity contribution in [1.82, 2.24) is 0 Å². The van der Waals surface area contributed by atoms with Gasteiger partial charge in [-0.3, -0.25) is 4.79 Å². The minimum atomic E-state index is -0.593. The van der Waals surface area contributed by atoms with Crippen LogP contribution in [0.4, 0.5) is 20.2 Å². The third-order valence-corrected chi connectivity index (χ3v) is 4.18. The second-order valence-corrected chi connectivity index (χ2v) is 5.65. The van der Waals surface area contributed by atoms with Gasteiger partial charge in [-0.2, -0.15) is 0 Å². The van der Waals surface area contributed by atoms with E-state index in [1.165, 1.54) is 23.9 Å². The van der Waals surface area contributed by atoms with Crippen LogP contribution in [0, 0.1) is 11.6 Å². The molecule has 0 saturated heterocycles. The summed E-state index contributed by atoms with van der Waals surface area (Å²) in [5, 5.41) is 5.86. The SMILES string of the molecule is O=C1CSc2ccc(NCc3ccc(F)cc3F)cc2N1. The van der Waals surface area contributed by atoms with Gasteiger partial charge >= 0.3 is 0 Å². The van der Waals surface area contributed by atoms with Crippen molar-refractivity contribution in [3.8, 4) is 0 Å². The predicted octanol–water partition coefficient (Wildman–Crippen LogP) is 3.62. The van der Waals surface area contributed by atoms with E-state index >= 15 is 0 Å². The molecule has 0 radical (unpaired) electrons. The zero-order valence-corrected chi connectivity index (χ0v) is 11.8. The molecule has 0 aliphatic carbocycles. The number of carbonyl (C=O) groups is 1. The Morgan fingerprint density at radius 3 is 2.86 bits per heavy atom. The molecule has 0 atom stereocenters. The molecule has 21 heavy (non-hydrogen) atoms. The minimum Gasteiger partial charge on any atom is -0.381 e. The predicted molar refractivity (Wildman–Crippen MR) is 79.5 cm³/mol. The Morgan fingerprint density at radius 2 is 2.05 bits per heavy atom. The molecular weight excluding hydrogens is 294 g/mol. The molecule has 0 saturated carbocycles. The zero-order chi connectivity index (χ0) is 14.8. The summed E-state index contributed by atoms with van der Waals surface area (Å²) in [4.78, 5) is 12.4. The van der Waals surface area contributed by atoms with Crippen molar-refractivity contribution in [2.75, 3.05) is 16.4 Å². The molecule has 0 unspecified atom stereocenters. The van der Waals surface area contributed by atoms with Crippen molar-refractivity contribution in [3.05, 3.63) is 53.6 Å². The fourth-order valence-corrected chi connectivity index (χ4v) is 2.84. The number of halogens is 2.